The molecule has 0 fully saturated rings. The van der Waals surface area contributed by atoms with Crippen LogP contribution in [0.5, 0.6) is 11.5 Å². The summed E-state index contributed by atoms with van der Waals surface area (Å²) in [7, 11) is 1.62. The molecule has 0 unspecified atom stereocenters. The molecule has 0 atom stereocenters. The maximum absolute atomic E-state index is 12.3. The summed E-state index contributed by atoms with van der Waals surface area (Å²) in [5.74, 6) is 1.22. The third-order valence-corrected chi connectivity index (χ3v) is 6.09. The van der Waals surface area contributed by atoms with E-state index >= 15 is 0 Å². The lowest BCUT2D eigenvalue weighted by Crippen LogP contribution is -2.20. The Morgan fingerprint density at radius 2 is 1.57 bits per heavy atom. The van der Waals surface area contributed by atoms with Gasteiger partial charge in [0.15, 0.2) is 11.7 Å². The quantitative estimate of drug-likeness (QED) is 0.728. The molecule has 6 heteroatoms. The van der Waals surface area contributed by atoms with E-state index in [0.717, 1.165) is 18.6 Å². The minimum absolute atomic E-state index is 0.0312. The number of ether oxygens (including phenoxy) is 2. The van der Waals surface area contributed by atoms with Gasteiger partial charge in [-0.3, -0.25) is 10.1 Å². The highest BCUT2D eigenvalue weighted by Crippen LogP contribution is 2.27. The Hall–Kier alpha value is -2.08. The number of anilines is 1. The van der Waals surface area contributed by atoms with E-state index in [0.29, 0.717) is 10.9 Å². The van der Waals surface area contributed by atoms with E-state index < -0.39 is 0 Å². The standard InChI is InChI=1S/C22H30N2O3S/c1-26-17-12-14-18(15-13-17)27-16-21(25)24-22-23-19-10-8-6-4-2-3-5-7-9-11-20(19)28-22/h12-15H,2-11,16H2,1H3,(H,23,24,25). The number of aryl methyl sites for hydroxylation is 2. The largest absolute Gasteiger partial charge is 0.497 e. The van der Waals surface area contributed by atoms with Crippen molar-refractivity contribution < 1.29 is 14.3 Å². The van der Waals surface area contributed by atoms with E-state index in [1.165, 1.54) is 61.9 Å². The molecule has 28 heavy (non-hydrogen) atoms. The van der Waals surface area contributed by atoms with Gasteiger partial charge in [0.1, 0.15) is 11.5 Å². The molecule has 0 saturated carbocycles. The first-order chi connectivity index (χ1) is 13.7. The van der Waals surface area contributed by atoms with Gasteiger partial charge < -0.3 is 9.47 Å². The second-order valence-corrected chi connectivity index (χ2v) is 8.31. The highest BCUT2D eigenvalue weighted by atomic mass is 32.1. The summed E-state index contributed by atoms with van der Waals surface area (Å²) in [6.45, 7) is -0.0312. The average molecular weight is 403 g/mol. The van der Waals surface area contributed by atoms with Crippen molar-refractivity contribution >= 4 is 22.4 Å². The second-order valence-electron chi connectivity index (χ2n) is 7.23. The van der Waals surface area contributed by atoms with Crippen molar-refractivity contribution in [3.63, 3.8) is 0 Å². The summed E-state index contributed by atoms with van der Waals surface area (Å²) in [5.41, 5.74) is 1.18. The number of nitrogens with zero attached hydrogens (tertiary/aromatic N) is 1. The predicted molar refractivity (Wildman–Crippen MR) is 114 cm³/mol. The molecule has 1 amide bonds. The Morgan fingerprint density at radius 1 is 0.964 bits per heavy atom. The molecule has 1 heterocycles. The molecule has 3 rings (SSSR count). The number of carbonyl (C=O) groups excluding carboxylic acids is 1. The third-order valence-electron chi connectivity index (χ3n) is 5.02. The first-order valence-corrected chi connectivity index (χ1v) is 11.1. The van der Waals surface area contributed by atoms with Crippen LogP contribution in [-0.4, -0.2) is 24.6 Å². The van der Waals surface area contributed by atoms with Gasteiger partial charge >= 0.3 is 0 Å². The zero-order valence-corrected chi connectivity index (χ0v) is 17.5. The fraction of sp³-hybridized carbons (Fsp3) is 0.545. The van der Waals surface area contributed by atoms with Crippen LogP contribution in [0.1, 0.15) is 61.9 Å². The van der Waals surface area contributed by atoms with Crippen molar-refractivity contribution in [3.05, 3.63) is 34.8 Å². The molecule has 0 spiro atoms. The number of hydrogen-bond donors (Lipinski definition) is 1. The van der Waals surface area contributed by atoms with Crippen LogP contribution in [0.2, 0.25) is 0 Å². The van der Waals surface area contributed by atoms with Gasteiger partial charge in [-0.25, -0.2) is 4.98 Å². The Labute approximate surface area is 171 Å². The molecule has 1 N–H and O–H groups in total. The first kappa shape index (κ1) is 20.6. The zero-order valence-electron chi connectivity index (χ0n) is 16.7. The van der Waals surface area contributed by atoms with Gasteiger partial charge in [0.25, 0.3) is 5.91 Å². The lowest BCUT2D eigenvalue weighted by Gasteiger charge is -2.06. The Bertz CT molecular complexity index is 713. The van der Waals surface area contributed by atoms with Crippen molar-refractivity contribution in [2.45, 2.75) is 64.2 Å². The van der Waals surface area contributed by atoms with Gasteiger partial charge in [-0.05, 0) is 49.9 Å². The molecule has 0 aliphatic heterocycles. The lowest BCUT2D eigenvalue weighted by molar-refractivity contribution is -0.118. The fourth-order valence-electron chi connectivity index (χ4n) is 3.44. The minimum atomic E-state index is -0.180. The van der Waals surface area contributed by atoms with E-state index in [-0.39, 0.29) is 12.5 Å². The number of hydrogen-bond acceptors (Lipinski definition) is 5. The summed E-state index contributed by atoms with van der Waals surface area (Å²) in [5, 5.41) is 3.60. The molecular weight excluding hydrogens is 372 g/mol. The van der Waals surface area contributed by atoms with Crippen LogP contribution in [0.3, 0.4) is 0 Å². The lowest BCUT2D eigenvalue weighted by atomic mass is 10.0. The topological polar surface area (TPSA) is 60.5 Å². The van der Waals surface area contributed by atoms with E-state index in [9.17, 15) is 4.79 Å². The van der Waals surface area contributed by atoms with Gasteiger partial charge in [0.2, 0.25) is 0 Å². The SMILES string of the molecule is COc1ccc(OCC(=O)Nc2nc3c(s2)CCCCCCCCCC3)cc1. The number of fused-ring (bicyclic) bond motifs is 1. The summed E-state index contributed by atoms with van der Waals surface area (Å²) < 4.78 is 10.7. The molecule has 2 aromatic rings. The Balaban J connectivity index is 1.54. The molecule has 1 aromatic heterocycles. The van der Waals surface area contributed by atoms with E-state index in [2.05, 4.69) is 5.32 Å². The van der Waals surface area contributed by atoms with Crippen LogP contribution < -0.4 is 14.8 Å². The van der Waals surface area contributed by atoms with Gasteiger partial charge in [0.05, 0.1) is 12.8 Å². The van der Waals surface area contributed by atoms with Crippen LogP contribution in [-0.2, 0) is 17.6 Å². The van der Waals surface area contributed by atoms with Crippen LogP contribution in [0.25, 0.3) is 0 Å². The summed E-state index contributed by atoms with van der Waals surface area (Å²) in [6.07, 6.45) is 12.4. The molecule has 1 aliphatic rings. The van der Waals surface area contributed by atoms with Crippen molar-refractivity contribution in [1.82, 2.24) is 4.98 Å². The third kappa shape index (κ3) is 6.51. The van der Waals surface area contributed by atoms with E-state index in [4.69, 9.17) is 14.5 Å². The Morgan fingerprint density at radius 3 is 2.25 bits per heavy atom. The zero-order chi connectivity index (χ0) is 19.6. The smallest absolute Gasteiger partial charge is 0.264 e. The van der Waals surface area contributed by atoms with Crippen LogP contribution in [0, 0.1) is 0 Å². The number of carbonyl (C=O) groups is 1. The number of thiazole rings is 1. The van der Waals surface area contributed by atoms with Crippen molar-refractivity contribution in [1.29, 1.82) is 0 Å². The number of methoxy groups -OCH3 is 1. The summed E-state index contributed by atoms with van der Waals surface area (Å²) >= 11 is 1.63. The van der Waals surface area contributed by atoms with Gasteiger partial charge in [-0.1, -0.05) is 38.5 Å². The normalized spacial score (nSPS) is 15.6. The van der Waals surface area contributed by atoms with Gasteiger partial charge in [-0.15, -0.1) is 11.3 Å². The van der Waals surface area contributed by atoms with Gasteiger partial charge in [0, 0.05) is 4.88 Å². The maximum Gasteiger partial charge on any atom is 0.264 e. The van der Waals surface area contributed by atoms with Crippen molar-refractivity contribution in [2.24, 2.45) is 0 Å². The highest BCUT2D eigenvalue weighted by Gasteiger charge is 2.14. The predicted octanol–water partition coefficient (Wildman–Crippen LogP) is 5.39. The molecule has 152 valence electrons. The number of nitrogens with one attached hydrogen (secondary N) is 1. The monoisotopic (exact) mass is 402 g/mol. The number of amides is 1. The van der Waals surface area contributed by atoms with E-state index in [1.54, 1.807) is 30.6 Å². The highest BCUT2D eigenvalue weighted by molar-refractivity contribution is 7.15. The maximum atomic E-state index is 12.3. The number of rotatable bonds is 5. The summed E-state index contributed by atoms with van der Waals surface area (Å²) in [4.78, 5) is 18.3. The van der Waals surface area contributed by atoms with Crippen LogP contribution >= 0.6 is 11.3 Å². The summed E-state index contributed by atoms with van der Waals surface area (Å²) in [6, 6.07) is 7.20. The number of benzene rings is 1. The van der Waals surface area contributed by atoms with Gasteiger partial charge in [-0.2, -0.15) is 0 Å². The van der Waals surface area contributed by atoms with E-state index in [1.807, 2.05) is 12.1 Å². The molecule has 1 aliphatic carbocycles. The average Bonchev–Trinajstić information content (AvgIpc) is 3.08. The molecule has 5 nitrogen and oxygen atoms in total. The van der Waals surface area contributed by atoms with Crippen LogP contribution in [0.4, 0.5) is 5.13 Å². The molecular formula is C22H30N2O3S. The minimum Gasteiger partial charge on any atom is -0.497 e. The fourth-order valence-corrected chi connectivity index (χ4v) is 4.51. The van der Waals surface area contributed by atoms with Crippen LogP contribution in [0.15, 0.2) is 24.3 Å². The second kappa shape index (κ2) is 11.1. The molecule has 0 saturated heterocycles. The molecule has 1 aromatic carbocycles. The van der Waals surface area contributed by atoms with Crippen molar-refractivity contribution in [2.75, 3.05) is 19.0 Å². The first-order valence-electron chi connectivity index (χ1n) is 10.3. The molecule has 0 radical (unpaired) electrons. The molecule has 0 bridgehead atoms. The van der Waals surface area contributed by atoms with Crippen molar-refractivity contribution in [3.8, 4) is 11.5 Å². The Kier molecular flexibility index (Phi) is 8.15. The number of aromatic nitrogens is 1.